The number of pyridine rings is 1. The van der Waals surface area contributed by atoms with Crippen LogP contribution < -0.4 is 10.1 Å². The van der Waals surface area contributed by atoms with Gasteiger partial charge in [0.05, 0.1) is 12.2 Å². The number of benzene rings is 1. The average molecular weight is 355 g/mol. The molecule has 0 atom stereocenters. The minimum Gasteiger partial charge on any atom is -0.494 e. The van der Waals surface area contributed by atoms with Gasteiger partial charge >= 0.3 is 0 Å². The van der Waals surface area contributed by atoms with Crippen LogP contribution in [0.25, 0.3) is 0 Å². The topological polar surface area (TPSA) is 75.0 Å². The molecule has 0 unspecified atom stereocenters. The molecule has 0 spiro atoms. The number of hydrogen-bond acceptors (Lipinski definition) is 5. The zero-order valence-corrected chi connectivity index (χ0v) is 15.4. The number of nitrogens with zero attached hydrogens (tertiary/aromatic N) is 2. The lowest BCUT2D eigenvalue weighted by Gasteiger charge is -2.08. The van der Waals surface area contributed by atoms with E-state index in [1.807, 2.05) is 51.1 Å². The molecule has 1 amide bonds. The summed E-state index contributed by atoms with van der Waals surface area (Å²) in [5, 5.41) is 12.8. The molecule has 6 heteroatoms. The first kappa shape index (κ1) is 18.8. The molecule has 0 aliphatic heterocycles. The molecule has 0 saturated carbocycles. The molecule has 130 valence electrons. The predicted molar refractivity (Wildman–Crippen MR) is 100 cm³/mol. The van der Waals surface area contributed by atoms with E-state index in [4.69, 9.17) is 4.74 Å². The first-order valence-corrected chi connectivity index (χ1v) is 9.06. The van der Waals surface area contributed by atoms with E-state index < -0.39 is 0 Å². The van der Waals surface area contributed by atoms with Gasteiger partial charge in [-0.3, -0.25) is 4.79 Å². The molecule has 2 rings (SSSR count). The van der Waals surface area contributed by atoms with E-state index in [1.54, 1.807) is 0 Å². The number of carbonyl (C=O) groups is 1. The highest BCUT2D eigenvalue weighted by Gasteiger charge is 2.10. The second-order valence-corrected chi connectivity index (χ2v) is 6.56. The van der Waals surface area contributed by atoms with Crippen LogP contribution >= 0.6 is 11.8 Å². The fourth-order valence-electron chi connectivity index (χ4n) is 2.31. The van der Waals surface area contributed by atoms with Crippen molar-refractivity contribution in [2.75, 3.05) is 17.7 Å². The molecule has 5 nitrogen and oxygen atoms in total. The maximum Gasteiger partial charge on any atom is 0.225 e. The van der Waals surface area contributed by atoms with Crippen molar-refractivity contribution in [3.05, 3.63) is 47.2 Å². The third-order valence-corrected chi connectivity index (χ3v) is 4.42. The van der Waals surface area contributed by atoms with Gasteiger partial charge in [0, 0.05) is 23.6 Å². The molecule has 0 radical (unpaired) electrons. The van der Waals surface area contributed by atoms with Gasteiger partial charge in [0.1, 0.15) is 16.8 Å². The van der Waals surface area contributed by atoms with E-state index in [0.717, 1.165) is 22.7 Å². The number of thioether (sulfide) groups is 1. The Hall–Kier alpha value is -2.52. The molecule has 0 bridgehead atoms. The summed E-state index contributed by atoms with van der Waals surface area (Å²) in [6.07, 6.45) is 0.345. The van der Waals surface area contributed by atoms with Crippen molar-refractivity contribution >= 4 is 23.4 Å². The van der Waals surface area contributed by atoms with Gasteiger partial charge in [-0.25, -0.2) is 4.98 Å². The largest absolute Gasteiger partial charge is 0.494 e. The zero-order valence-electron chi connectivity index (χ0n) is 14.6. The molecular formula is C19H21N3O2S. The minimum atomic E-state index is -0.0699. The van der Waals surface area contributed by atoms with Gasteiger partial charge in [-0.15, -0.1) is 11.8 Å². The Balaban J connectivity index is 1.88. The number of hydrogen-bond donors (Lipinski definition) is 1. The second-order valence-electron chi connectivity index (χ2n) is 5.48. The fourth-order valence-corrected chi connectivity index (χ4v) is 3.35. The Morgan fingerprint density at radius 2 is 2.04 bits per heavy atom. The molecule has 2 aromatic rings. The Bertz CT molecular complexity index is 782. The summed E-state index contributed by atoms with van der Waals surface area (Å²) in [7, 11) is 0. The number of nitrogens with one attached hydrogen (secondary N) is 1. The summed E-state index contributed by atoms with van der Waals surface area (Å²) < 4.78 is 5.37. The van der Waals surface area contributed by atoms with Crippen LogP contribution in [0, 0.1) is 25.2 Å². The van der Waals surface area contributed by atoms with Crippen molar-refractivity contribution in [1.29, 1.82) is 5.26 Å². The fraction of sp³-hybridized carbons (Fsp3) is 0.316. The predicted octanol–water partition coefficient (Wildman–Crippen LogP) is 4.09. The maximum atomic E-state index is 12.1. The van der Waals surface area contributed by atoms with Crippen LogP contribution in [0.4, 0.5) is 5.69 Å². The molecule has 1 heterocycles. The van der Waals surface area contributed by atoms with Gasteiger partial charge in [-0.1, -0.05) is 0 Å². The standard InChI is InChI=1S/C19H21N3O2S/c1-4-24-16-7-5-15(6-8-16)22-18(23)9-10-25-19-17(12-20)13(2)11-14(3)21-19/h5-8,11H,4,9-10H2,1-3H3,(H,22,23). The molecular weight excluding hydrogens is 334 g/mol. The number of carbonyl (C=O) groups excluding carboxylic acids is 1. The monoisotopic (exact) mass is 355 g/mol. The summed E-state index contributed by atoms with van der Waals surface area (Å²) in [6, 6.07) is 11.4. The molecule has 0 fully saturated rings. The van der Waals surface area contributed by atoms with E-state index in [-0.39, 0.29) is 5.91 Å². The highest BCUT2D eigenvalue weighted by molar-refractivity contribution is 7.99. The second kappa shape index (κ2) is 9.09. The number of rotatable bonds is 7. The summed E-state index contributed by atoms with van der Waals surface area (Å²) in [4.78, 5) is 16.5. The lowest BCUT2D eigenvalue weighted by atomic mass is 10.1. The van der Waals surface area contributed by atoms with Crippen LogP contribution in [-0.2, 0) is 4.79 Å². The van der Waals surface area contributed by atoms with Crippen molar-refractivity contribution in [3.63, 3.8) is 0 Å². The van der Waals surface area contributed by atoms with Gasteiger partial charge in [-0.05, 0) is 56.7 Å². The SMILES string of the molecule is CCOc1ccc(NC(=O)CCSc2nc(C)cc(C)c2C#N)cc1. The summed E-state index contributed by atoms with van der Waals surface area (Å²) >= 11 is 1.43. The Morgan fingerprint density at radius 1 is 1.32 bits per heavy atom. The lowest BCUT2D eigenvalue weighted by Crippen LogP contribution is -2.12. The number of aromatic nitrogens is 1. The Kier molecular flexibility index (Phi) is 6.84. The Morgan fingerprint density at radius 3 is 2.68 bits per heavy atom. The third-order valence-electron chi connectivity index (χ3n) is 3.44. The van der Waals surface area contributed by atoms with Crippen LogP contribution in [0.15, 0.2) is 35.4 Å². The maximum absolute atomic E-state index is 12.1. The van der Waals surface area contributed by atoms with Crippen molar-refractivity contribution in [3.8, 4) is 11.8 Å². The van der Waals surface area contributed by atoms with Crippen LogP contribution in [-0.4, -0.2) is 23.3 Å². The smallest absolute Gasteiger partial charge is 0.225 e. The number of anilines is 1. The van der Waals surface area contributed by atoms with E-state index in [1.165, 1.54) is 11.8 Å². The van der Waals surface area contributed by atoms with E-state index >= 15 is 0 Å². The van der Waals surface area contributed by atoms with Crippen molar-refractivity contribution < 1.29 is 9.53 Å². The van der Waals surface area contributed by atoms with Crippen LogP contribution in [0.5, 0.6) is 5.75 Å². The molecule has 0 aliphatic rings. The van der Waals surface area contributed by atoms with Crippen LogP contribution in [0.3, 0.4) is 0 Å². The van der Waals surface area contributed by atoms with E-state index in [0.29, 0.717) is 29.4 Å². The number of amides is 1. The van der Waals surface area contributed by atoms with E-state index in [2.05, 4.69) is 16.4 Å². The van der Waals surface area contributed by atoms with Gasteiger partial charge in [-0.2, -0.15) is 5.26 Å². The summed E-state index contributed by atoms with van der Waals surface area (Å²) in [5.41, 5.74) is 3.11. The average Bonchev–Trinajstić information content (AvgIpc) is 2.56. The zero-order chi connectivity index (χ0) is 18.2. The van der Waals surface area contributed by atoms with Crippen molar-refractivity contribution in [2.45, 2.75) is 32.2 Å². The first-order chi connectivity index (χ1) is 12.0. The number of ether oxygens (including phenoxy) is 1. The minimum absolute atomic E-state index is 0.0699. The van der Waals surface area contributed by atoms with Gasteiger partial charge in [0.15, 0.2) is 0 Å². The highest BCUT2D eigenvalue weighted by Crippen LogP contribution is 2.24. The Labute approximate surface area is 152 Å². The molecule has 0 saturated heterocycles. The van der Waals surface area contributed by atoms with Crippen molar-refractivity contribution in [1.82, 2.24) is 4.98 Å². The molecule has 25 heavy (non-hydrogen) atoms. The van der Waals surface area contributed by atoms with Gasteiger partial charge in [0.25, 0.3) is 0 Å². The van der Waals surface area contributed by atoms with Crippen LogP contribution in [0.1, 0.15) is 30.2 Å². The highest BCUT2D eigenvalue weighted by atomic mass is 32.2. The van der Waals surface area contributed by atoms with Crippen LogP contribution in [0.2, 0.25) is 0 Å². The molecule has 0 aliphatic carbocycles. The lowest BCUT2D eigenvalue weighted by molar-refractivity contribution is -0.115. The van der Waals surface area contributed by atoms with Gasteiger partial charge in [0.2, 0.25) is 5.91 Å². The molecule has 1 N–H and O–H groups in total. The van der Waals surface area contributed by atoms with Crippen molar-refractivity contribution in [2.24, 2.45) is 0 Å². The quantitative estimate of drug-likeness (QED) is 0.757. The van der Waals surface area contributed by atoms with Gasteiger partial charge < -0.3 is 10.1 Å². The molecule has 1 aromatic carbocycles. The summed E-state index contributed by atoms with van der Waals surface area (Å²) in [6.45, 7) is 6.34. The summed E-state index contributed by atoms with van der Waals surface area (Å²) in [5.74, 6) is 1.27. The molecule has 1 aromatic heterocycles. The first-order valence-electron chi connectivity index (χ1n) is 8.07. The number of aryl methyl sites for hydroxylation is 2. The number of nitriles is 1. The third kappa shape index (κ3) is 5.50. The normalized spacial score (nSPS) is 10.2. The van der Waals surface area contributed by atoms with E-state index in [9.17, 15) is 10.1 Å².